The summed E-state index contributed by atoms with van der Waals surface area (Å²) in [6.07, 6.45) is 1.52. The molecule has 0 aliphatic carbocycles. The summed E-state index contributed by atoms with van der Waals surface area (Å²) in [5.74, 6) is 0.529. The molecule has 1 heterocycles. The number of aryl methyl sites for hydroxylation is 1. The number of amides is 1. The van der Waals surface area contributed by atoms with Gasteiger partial charge >= 0.3 is 0 Å². The number of furan rings is 1. The third kappa shape index (κ3) is 3.08. The summed E-state index contributed by atoms with van der Waals surface area (Å²) in [7, 11) is 0. The minimum Gasteiger partial charge on any atom is -0.469 e. The van der Waals surface area contributed by atoms with Crippen LogP contribution < -0.4 is 5.32 Å². The van der Waals surface area contributed by atoms with Crippen LogP contribution >= 0.6 is 31.9 Å². The number of rotatable bonds is 4. The lowest BCUT2D eigenvalue weighted by Gasteiger charge is -2.26. The zero-order valence-corrected chi connectivity index (χ0v) is 11.8. The zero-order chi connectivity index (χ0) is 11.5. The van der Waals surface area contributed by atoms with E-state index in [1.165, 1.54) is 6.26 Å². The van der Waals surface area contributed by atoms with Gasteiger partial charge in [-0.3, -0.25) is 4.79 Å². The van der Waals surface area contributed by atoms with Gasteiger partial charge in [0, 0.05) is 10.7 Å². The predicted octanol–water partition coefficient (Wildman–Crippen LogP) is 2.87. The molecule has 0 spiro atoms. The molecule has 1 rings (SSSR count). The van der Waals surface area contributed by atoms with Crippen LogP contribution in [0.2, 0.25) is 0 Å². The highest BCUT2D eigenvalue weighted by Crippen LogP contribution is 2.14. The molecule has 0 saturated carbocycles. The molecule has 1 aromatic rings. The first-order valence-electron chi connectivity index (χ1n) is 4.51. The average molecular weight is 339 g/mol. The van der Waals surface area contributed by atoms with Gasteiger partial charge in [-0.05, 0) is 19.9 Å². The van der Waals surface area contributed by atoms with Crippen LogP contribution in [0.25, 0.3) is 0 Å². The number of carbonyl (C=O) groups excluding carboxylic acids is 1. The zero-order valence-electron chi connectivity index (χ0n) is 8.64. The Balaban J connectivity index is 2.76. The highest BCUT2D eigenvalue weighted by molar-refractivity contribution is 9.09. The summed E-state index contributed by atoms with van der Waals surface area (Å²) in [5.41, 5.74) is 0.295. The number of halogens is 2. The molecule has 0 unspecified atom stereocenters. The van der Waals surface area contributed by atoms with Crippen molar-refractivity contribution in [1.29, 1.82) is 0 Å². The average Bonchev–Trinajstić information content (AvgIpc) is 2.64. The maximum absolute atomic E-state index is 11.8. The molecule has 0 aliphatic rings. The lowest BCUT2D eigenvalue weighted by molar-refractivity contribution is 0.0921. The largest absolute Gasteiger partial charge is 0.469 e. The molecule has 0 aromatic carbocycles. The summed E-state index contributed by atoms with van der Waals surface area (Å²) in [5, 5.41) is 4.32. The molecule has 15 heavy (non-hydrogen) atoms. The van der Waals surface area contributed by atoms with Crippen molar-refractivity contribution in [1.82, 2.24) is 5.32 Å². The van der Waals surface area contributed by atoms with E-state index in [0.29, 0.717) is 22.0 Å². The van der Waals surface area contributed by atoms with Gasteiger partial charge in [0.05, 0.1) is 17.4 Å². The number of nitrogens with one attached hydrogen (secondary N) is 1. The first kappa shape index (κ1) is 12.8. The van der Waals surface area contributed by atoms with E-state index in [4.69, 9.17) is 4.42 Å². The van der Waals surface area contributed by atoms with E-state index in [1.54, 1.807) is 13.0 Å². The van der Waals surface area contributed by atoms with Crippen molar-refractivity contribution in [3.8, 4) is 0 Å². The number of carbonyl (C=O) groups is 1. The topological polar surface area (TPSA) is 42.2 Å². The second-order valence-corrected chi connectivity index (χ2v) is 4.79. The fraction of sp³-hybridized carbons (Fsp3) is 0.500. The second-order valence-electron chi connectivity index (χ2n) is 3.67. The van der Waals surface area contributed by atoms with Gasteiger partial charge in [0.15, 0.2) is 0 Å². The van der Waals surface area contributed by atoms with E-state index in [1.807, 2.05) is 6.92 Å². The Morgan fingerprint density at radius 2 is 2.13 bits per heavy atom. The molecular formula is C10H13Br2NO2. The van der Waals surface area contributed by atoms with E-state index < -0.39 is 0 Å². The van der Waals surface area contributed by atoms with Crippen LogP contribution in [0.1, 0.15) is 23.0 Å². The van der Waals surface area contributed by atoms with Crippen molar-refractivity contribution in [2.75, 3.05) is 10.7 Å². The molecule has 1 aromatic heterocycles. The fourth-order valence-electron chi connectivity index (χ4n) is 1.06. The van der Waals surface area contributed by atoms with Crippen molar-refractivity contribution >= 4 is 37.8 Å². The lowest BCUT2D eigenvalue weighted by atomic mass is 10.1. The highest BCUT2D eigenvalue weighted by Gasteiger charge is 2.25. The van der Waals surface area contributed by atoms with Gasteiger partial charge in [0.1, 0.15) is 5.76 Å². The maximum Gasteiger partial charge on any atom is 0.255 e. The Hall–Kier alpha value is -0.290. The van der Waals surface area contributed by atoms with Gasteiger partial charge in [-0.1, -0.05) is 31.9 Å². The Bertz CT molecular complexity index is 345. The number of hydrogen-bond donors (Lipinski definition) is 1. The first-order valence-corrected chi connectivity index (χ1v) is 6.75. The van der Waals surface area contributed by atoms with E-state index >= 15 is 0 Å². The summed E-state index contributed by atoms with van der Waals surface area (Å²) < 4.78 is 5.08. The molecule has 0 saturated heterocycles. The van der Waals surface area contributed by atoms with Crippen LogP contribution in [0.5, 0.6) is 0 Å². The molecule has 0 radical (unpaired) electrons. The fourth-order valence-corrected chi connectivity index (χ4v) is 2.27. The van der Waals surface area contributed by atoms with E-state index in [0.717, 1.165) is 0 Å². The SMILES string of the molecule is Cc1occc1C(=O)NC(C)(CBr)CBr. The maximum atomic E-state index is 11.8. The Morgan fingerprint density at radius 1 is 1.53 bits per heavy atom. The van der Waals surface area contributed by atoms with E-state index in [9.17, 15) is 4.79 Å². The Kier molecular flexibility index (Phi) is 4.40. The minimum absolute atomic E-state index is 0.109. The van der Waals surface area contributed by atoms with Crippen molar-refractivity contribution in [2.24, 2.45) is 0 Å². The monoisotopic (exact) mass is 337 g/mol. The van der Waals surface area contributed by atoms with Gasteiger partial charge in [-0.25, -0.2) is 0 Å². The van der Waals surface area contributed by atoms with Crippen molar-refractivity contribution in [3.63, 3.8) is 0 Å². The van der Waals surface area contributed by atoms with Crippen molar-refractivity contribution in [3.05, 3.63) is 23.7 Å². The Labute approximate surface area is 106 Å². The van der Waals surface area contributed by atoms with Gasteiger partial charge in [-0.15, -0.1) is 0 Å². The molecule has 1 N–H and O–H groups in total. The third-order valence-electron chi connectivity index (χ3n) is 2.11. The van der Waals surface area contributed by atoms with E-state index in [-0.39, 0.29) is 11.4 Å². The normalized spacial score (nSPS) is 11.5. The van der Waals surface area contributed by atoms with Crippen LogP contribution in [-0.4, -0.2) is 22.1 Å². The standard InChI is InChI=1S/C10H13Br2NO2/c1-7-8(3-4-15-7)9(14)13-10(2,5-11)6-12/h3-4H,5-6H2,1-2H3,(H,13,14). The molecule has 0 aliphatic heterocycles. The lowest BCUT2D eigenvalue weighted by Crippen LogP contribution is -2.49. The molecular weight excluding hydrogens is 326 g/mol. The summed E-state index contributed by atoms with van der Waals surface area (Å²) in [4.78, 5) is 11.8. The second kappa shape index (κ2) is 5.16. The summed E-state index contributed by atoms with van der Waals surface area (Å²) in [6.45, 7) is 3.73. The number of hydrogen-bond acceptors (Lipinski definition) is 2. The third-order valence-corrected chi connectivity index (χ3v) is 4.58. The molecule has 1 amide bonds. The highest BCUT2D eigenvalue weighted by atomic mass is 79.9. The minimum atomic E-state index is -0.291. The van der Waals surface area contributed by atoms with Gasteiger partial charge in [-0.2, -0.15) is 0 Å². The van der Waals surface area contributed by atoms with Crippen LogP contribution in [-0.2, 0) is 0 Å². The van der Waals surface area contributed by atoms with Crippen molar-refractivity contribution < 1.29 is 9.21 Å². The molecule has 84 valence electrons. The van der Waals surface area contributed by atoms with Gasteiger partial charge in [0.2, 0.25) is 0 Å². The summed E-state index contributed by atoms with van der Waals surface area (Å²) in [6, 6.07) is 1.67. The smallest absolute Gasteiger partial charge is 0.255 e. The van der Waals surface area contributed by atoms with Crippen LogP contribution in [0, 0.1) is 6.92 Å². The molecule has 0 fully saturated rings. The van der Waals surface area contributed by atoms with Gasteiger partial charge in [0.25, 0.3) is 5.91 Å². The molecule has 5 heteroatoms. The van der Waals surface area contributed by atoms with Gasteiger partial charge < -0.3 is 9.73 Å². The van der Waals surface area contributed by atoms with E-state index in [2.05, 4.69) is 37.2 Å². The van der Waals surface area contributed by atoms with Crippen LogP contribution in [0.15, 0.2) is 16.7 Å². The first-order chi connectivity index (χ1) is 7.02. The summed E-state index contributed by atoms with van der Waals surface area (Å²) >= 11 is 6.75. The molecule has 0 atom stereocenters. The van der Waals surface area contributed by atoms with Crippen molar-refractivity contribution in [2.45, 2.75) is 19.4 Å². The Morgan fingerprint density at radius 3 is 2.53 bits per heavy atom. The quantitative estimate of drug-likeness (QED) is 0.858. The van der Waals surface area contributed by atoms with Crippen LogP contribution in [0.3, 0.4) is 0 Å². The number of alkyl halides is 2. The predicted molar refractivity (Wildman–Crippen MR) is 66.9 cm³/mol. The molecule has 3 nitrogen and oxygen atoms in total. The van der Waals surface area contributed by atoms with Crippen LogP contribution in [0.4, 0.5) is 0 Å². The molecule has 0 bridgehead atoms.